The van der Waals surface area contributed by atoms with Crippen LogP contribution < -0.4 is 14.9 Å². The molecule has 2 aromatic rings. The fourth-order valence-corrected chi connectivity index (χ4v) is 4.11. The smallest absolute Gasteiger partial charge is 0.240 e. The molecule has 1 fully saturated rings. The summed E-state index contributed by atoms with van der Waals surface area (Å²) in [6.45, 7) is 6.58. The summed E-state index contributed by atoms with van der Waals surface area (Å²) in [5.74, 6) is 1.47. The van der Waals surface area contributed by atoms with Crippen LogP contribution in [0.2, 0.25) is 0 Å². The number of nitrogens with zero attached hydrogens (tertiary/aromatic N) is 3. The van der Waals surface area contributed by atoms with Crippen LogP contribution in [-0.4, -0.2) is 44.6 Å². The van der Waals surface area contributed by atoms with Gasteiger partial charge in [-0.15, -0.1) is 0 Å². The molecule has 3 rings (SSSR count). The molecule has 0 atom stereocenters. The van der Waals surface area contributed by atoms with Crippen molar-refractivity contribution >= 4 is 21.8 Å². The van der Waals surface area contributed by atoms with E-state index >= 15 is 0 Å². The Hall–Kier alpha value is -2.19. The molecule has 7 nitrogen and oxygen atoms in total. The first-order valence-electron chi connectivity index (χ1n) is 9.35. The Kier molecular flexibility index (Phi) is 6.28. The molecule has 1 aromatic heterocycles. The summed E-state index contributed by atoms with van der Waals surface area (Å²) in [4.78, 5) is 11.5. The quantitative estimate of drug-likeness (QED) is 0.708. The lowest BCUT2D eigenvalue weighted by atomic mass is 10.1. The van der Waals surface area contributed by atoms with Gasteiger partial charge in [-0.2, -0.15) is 4.98 Å². The van der Waals surface area contributed by atoms with Crippen molar-refractivity contribution < 1.29 is 8.42 Å². The number of benzene rings is 1. The topological polar surface area (TPSA) is 87.2 Å². The maximum Gasteiger partial charge on any atom is 0.240 e. The third-order valence-electron chi connectivity index (χ3n) is 4.55. The Balaban J connectivity index is 1.55. The van der Waals surface area contributed by atoms with Gasteiger partial charge in [-0.05, 0) is 45.2 Å². The molecule has 0 radical (unpaired) electrons. The van der Waals surface area contributed by atoms with Crippen LogP contribution in [-0.2, 0) is 10.0 Å². The van der Waals surface area contributed by atoms with E-state index in [1.165, 1.54) is 19.3 Å². The van der Waals surface area contributed by atoms with Crippen molar-refractivity contribution in [2.24, 2.45) is 0 Å². The average Bonchev–Trinajstić information content (AvgIpc) is 2.66. The number of anilines is 2. The van der Waals surface area contributed by atoms with E-state index in [1.54, 1.807) is 24.3 Å². The van der Waals surface area contributed by atoms with Crippen molar-refractivity contribution in [3.05, 3.63) is 41.6 Å². The van der Waals surface area contributed by atoms with Gasteiger partial charge in [0.15, 0.2) is 0 Å². The van der Waals surface area contributed by atoms with Crippen molar-refractivity contribution in [1.82, 2.24) is 14.7 Å². The van der Waals surface area contributed by atoms with Crippen LogP contribution in [0, 0.1) is 13.8 Å². The Labute approximate surface area is 161 Å². The highest BCUT2D eigenvalue weighted by atomic mass is 32.2. The second-order valence-corrected chi connectivity index (χ2v) is 8.64. The average molecular weight is 390 g/mol. The number of hydrogen-bond acceptors (Lipinski definition) is 6. The lowest BCUT2D eigenvalue weighted by Gasteiger charge is -2.28. The summed E-state index contributed by atoms with van der Waals surface area (Å²) >= 11 is 0. The monoisotopic (exact) mass is 389 g/mol. The largest absolute Gasteiger partial charge is 0.356 e. The normalized spacial score (nSPS) is 15.0. The molecule has 2 heterocycles. The van der Waals surface area contributed by atoms with Gasteiger partial charge < -0.3 is 10.2 Å². The second kappa shape index (κ2) is 8.67. The van der Waals surface area contributed by atoms with Crippen LogP contribution in [0.25, 0.3) is 0 Å². The Morgan fingerprint density at radius 2 is 1.70 bits per heavy atom. The molecule has 2 N–H and O–H groups in total. The summed E-state index contributed by atoms with van der Waals surface area (Å²) in [6, 6.07) is 8.79. The molecular formula is C19H27N5O2S. The highest BCUT2D eigenvalue weighted by Gasteiger charge is 2.15. The van der Waals surface area contributed by atoms with E-state index < -0.39 is 10.0 Å². The molecule has 1 aliphatic heterocycles. The molecule has 0 bridgehead atoms. The highest BCUT2D eigenvalue weighted by Crippen LogP contribution is 2.19. The van der Waals surface area contributed by atoms with E-state index in [-0.39, 0.29) is 11.4 Å². The lowest BCUT2D eigenvalue weighted by molar-refractivity contribution is 0.573. The molecule has 146 valence electrons. The van der Waals surface area contributed by atoms with Gasteiger partial charge in [-0.1, -0.05) is 17.7 Å². The van der Waals surface area contributed by atoms with E-state index in [2.05, 4.69) is 24.9 Å². The summed E-state index contributed by atoms with van der Waals surface area (Å²) in [6.07, 6.45) is 3.64. The Bertz CT molecular complexity index is 862. The fraction of sp³-hybridized carbons (Fsp3) is 0.474. The minimum Gasteiger partial charge on any atom is -0.356 e. The first-order valence-corrected chi connectivity index (χ1v) is 10.8. The van der Waals surface area contributed by atoms with Crippen LogP contribution in [0.5, 0.6) is 0 Å². The van der Waals surface area contributed by atoms with Gasteiger partial charge in [-0.3, -0.25) is 0 Å². The van der Waals surface area contributed by atoms with Crippen LogP contribution in [0.1, 0.15) is 30.5 Å². The van der Waals surface area contributed by atoms with Crippen molar-refractivity contribution in [1.29, 1.82) is 0 Å². The van der Waals surface area contributed by atoms with E-state index in [0.29, 0.717) is 12.5 Å². The van der Waals surface area contributed by atoms with Gasteiger partial charge in [-0.25, -0.2) is 18.1 Å². The zero-order chi connectivity index (χ0) is 19.3. The molecule has 0 spiro atoms. The number of rotatable bonds is 7. The summed E-state index contributed by atoms with van der Waals surface area (Å²) in [5, 5.41) is 3.12. The molecule has 0 aliphatic carbocycles. The third-order valence-corrected chi connectivity index (χ3v) is 6.03. The van der Waals surface area contributed by atoms with Crippen LogP contribution in [0.15, 0.2) is 35.2 Å². The first-order chi connectivity index (χ1) is 12.9. The predicted molar refractivity (Wildman–Crippen MR) is 108 cm³/mol. The van der Waals surface area contributed by atoms with Gasteiger partial charge in [0.1, 0.15) is 5.82 Å². The number of sulfonamides is 1. The zero-order valence-electron chi connectivity index (χ0n) is 15.9. The van der Waals surface area contributed by atoms with Crippen LogP contribution in [0.3, 0.4) is 0 Å². The SMILES string of the molecule is Cc1ccc(S(=O)(=O)NCCNc2nc(C)cc(N3CCCCC3)n2)cc1. The number of aryl methyl sites for hydroxylation is 2. The number of aromatic nitrogens is 2. The fourth-order valence-electron chi connectivity index (χ4n) is 3.08. The summed E-state index contributed by atoms with van der Waals surface area (Å²) in [5.41, 5.74) is 1.92. The number of hydrogen-bond donors (Lipinski definition) is 2. The molecule has 0 saturated carbocycles. The molecule has 8 heteroatoms. The Morgan fingerprint density at radius 1 is 1.00 bits per heavy atom. The van der Waals surface area contributed by atoms with Gasteiger partial charge in [0.25, 0.3) is 0 Å². The van der Waals surface area contributed by atoms with Gasteiger partial charge in [0, 0.05) is 37.9 Å². The van der Waals surface area contributed by atoms with E-state index in [4.69, 9.17) is 0 Å². The van der Waals surface area contributed by atoms with Crippen LogP contribution >= 0.6 is 0 Å². The molecule has 1 aromatic carbocycles. The highest BCUT2D eigenvalue weighted by molar-refractivity contribution is 7.89. The maximum absolute atomic E-state index is 12.3. The number of piperidine rings is 1. The minimum atomic E-state index is -3.50. The van der Waals surface area contributed by atoms with Gasteiger partial charge >= 0.3 is 0 Å². The second-order valence-electron chi connectivity index (χ2n) is 6.88. The predicted octanol–water partition coefficient (Wildman–Crippen LogP) is 2.47. The van der Waals surface area contributed by atoms with Crippen molar-refractivity contribution in [3.8, 4) is 0 Å². The summed E-state index contributed by atoms with van der Waals surface area (Å²) < 4.78 is 27.2. The van der Waals surface area contributed by atoms with E-state index in [9.17, 15) is 8.42 Å². The molecular weight excluding hydrogens is 362 g/mol. The van der Waals surface area contributed by atoms with Crippen molar-refractivity contribution in [2.75, 3.05) is 36.4 Å². The molecule has 1 aliphatic rings. The lowest BCUT2D eigenvalue weighted by Crippen LogP contribution is -2.31. The van der Waals surface area contributed by atoms with Crippen molar-refractivity contribution in [2.45, 2.75) is 38.0 Å². The van der Waals surface area contributed by atoms with Crippen molar-refractivity contribution in [3.63, 3.8) is 0 Å². The van der Waals surface area contributed by atoms with E-state index in [0.717, 1.165) is 30.2 Å². The Morgan fingerprint density at radius 3 is 2.41 bits per heavy atom. The van der Waals surface area contributed by atoms with Gasteiger partial charge in [0.05, 0.1) is 4.90 Å². The van der Waals surface area contributed by atoms with Crippen LogP contribution in [0.4, 0.5) is 11.8 Å². The molecule has 27 heavy (non-hydrogen) atoms. The number of nitrogens with one attached hydrogen (secondary N) is 2. The third kappa shape index (κ3) is 5.40. The standard InChI is InChI=1S/C19H27N5O2S/c1-15-6-8-17(9-7-15)27(25,26)21-11-10-20-19-22-16(2)14-18(23-19)24-12-4-3-5-13-24/h6-9,14,21H,3-5,10-13H2,1-2H3,(H,20,22,23). The minimum absolute atomic E-state index is 0.257. The molecule has 1 saturated heterocycles. The first kappa shape index (κ1) is 19.6. The molecule has 0 amide bonds. The van der Waals surface area contributed by atoms with E-state index in [1.807, 2.05) is 19.9 Å². The zero-order valence-corrected chi connectivity index (χ0v) is 16.7. The molecule has 0 unspecified atom stereocenters. The maximum atomic E-state index is 12.3. The van der Waals surface area contributed by atoms with Gasteiger partial charge in [0.2, 0.25) is 16.0 Å². The summed E-state index contributed by atoms with van der Waals surface area (Å²) in [7, 11) is -3.50.